The summed E-state index contributed by atoms with van der Waals surface area (Å²) in [5.74, 6) is 0. The Bertz CT molecular complexity index is 392. The number of nitrogens with one attached hydrogen (secondary N) is 1. The third kappa shape index (κ3) is 4.04. The largest absolute Gasteiger partial charge is 0.310 e. The van der Waals surface area contributed by atoms with E-state index in [2.05, 4.69) is 50.0 Å². The molecule has 1 N–H and O–H groups in total. The molecule has 0 aromatic carbocycles. The molecular formula is C16H28N2S. The van der Waals surface area contributed by atoms with Crippen LogP contribution in [0.4, 0.5) is 0 Å². The van der Waals surface area contributed by atoms with Gasteiger partial charge >= 0.3 is 0 Å². The minimum absolute atomic E-state index is 0.285. The molecule has 1 aliphatic heterocycles. The van der Waals surface area contributed by atoms with Crippen molar-refractivity contribution in [3.05, 3.63) is 21.9 Å². The van der Waals surface area contributed by atoms with Gasteiger partial charge in [-0.05, 0) is 43.5 Å². The molecule has 0 aliphatic carbocycles. The number of hydrogen-bond donors (Lipinski definition) is 1. The molecule has 0 bridgehead atoms. The van der Waals surface area contributed by atoms with Crippen molar-refractivity contribution in [1.29, 1.82) is 0 Å². The number of hydrogen-bond acceptors (Lipinski definition) is 3. The molecule has 2 nitrogen and oxygen atoms in total. The van der Waals surface area contributed by atoms with Gasteiger partial charge in [0, 0.05) is 28.9 Å². The zero-order chi connectivity index (χ0) is 13.9. The first kappa shape index (κ1) is 15.0. The van der Waals surface area contributed by atoms with Crippen molar-refractivity contribution in [2.45, 2.75) is 58.5 Å². The van der Waals surface area contributed by atoms with Gasteiger partial charge < -0.3 is 5.32 Å². The predicted octanol–water partition coefficient (Wildman–Crippen LogP) is 3.62. The number of likely N-dealkylation sites (tertiary alicyclic amines) is 1. The fraction of sp³-hybridized carbons (Fsp3) is 0.750. The zero-order valence-electron chi connectivity index (χ0n) is 12.8. The van der Waals surface area contributed by atoms with E-state index in [1.165, 1.54) is 35.7 Å². The van der Waals surface area contributed by atoms with Crippen LogP contribution >= 0.6 is 11.3 Å². The van der Waals surface area contributed by atoms with Crippen LogP contribution in [0.1, 0.15) is 50.3 Å². The summed E-state index contributed by atoms with van der Waals surface area (Å²) in [6.07, 6.45) is 2.73. The summed E-state index contributed by atoms with van der Waals surface area (Å²) in [6.45, 7) is 13.8. The van der Waals surface area contributed by atoms with Gasteiger partial charge in [0.05, 0.1) is 0 Å². The molecule has 0 spiro atoms. The van der Waals surface area contributed by atoms with Crippen molar-refractivity contribution in [3.63, 3.8) is 0 Å². The molecule has 0 radical (unpaired) electrons. The Hall–Kier alpha value is -0.380. The van der Waals surface area contributed by atoms with Crippen molar-refractivity contribution in [2.75, 3.05) is 19.6 Å². The summed E-state index contributed by atoms with van der Waals surface area (Å²) in [5.41, 5.74) is 0.285. The van der Waals surface area contributed by atoms with Gasteiger partial charge in [-0.3, -0.25) is 4.90 Å². The monoisotopic (exact) mass is 280 g/mol. The summed E-state index contributed by atoms with van der Waals surface area (Å²) in [6, 6.07) is 5.33. The fourth-order valence-corrected chi connectivity index (χ4v) is 3.82. The lowest BCUT2D eigenvalue weighted by Crippen LogP contribution is -2.37. The van der Waals surface area contributed by atoms with Gasteiger partial charge in [0.2, 0.25) is 0 Å². The zero-order valence-corrected chi connectivity index (χ0v) is 13.6. The molecule has 1 unspecified atom stereocenters. The van der Waals surface area contributed by atoms with Crippen molar-refractivity contribution in [2.24, 2.45) is 0 Å². The minimum Gasteiger partial charge on any atom is -0.310 e. The second-order valence-electron chi connectivity index (χ2n) is 6.57. The summed E-state index contributed by atoms with van der Waals surface area (Å²) in [7, 11) is 0. The average Bonchev–Trinajstić information content (AvgIpc) is 2.96. The molecule has 1 saturated heterocycles. The van der Waals surface area contributed by atoms with Gasteiger partial charge in [0.15, 0.2) is 0 Å². The van der Waals surface area contributed by atoms with Crippen molar-refractivity contribution < 1.29 is 0 Å². The third-order valence-electron chi connectivity index (χ3n) is 3.99. The summed E-state index contributed by atoms with van der Waals surface area (Å²) < 4.78 is 0. The molecule has 0 amide bonds. The van der Waals surface area contributed by atoms with E-state index < -0.39 is 0 Å². The van der Waals surface area contributed by atoms with Crippen LogP contribution in [0.2, 0.25) is 0 Å². The molecule has 1 atom stereocenters. The molecule has 2 rings (SSSR count). The minimum atomic E-state index is 0.285. The Kier molecular flexibility index (Phi) is 5.04. The maximum Gasteiger partial charge on any atom is 0.0300 e. The third-order valence-corrected chi connectivity index (χ3v) is 5.50. The van der Waals surface area contributed by atoms with Crippen LogP contribution in [0.3, 0.4) is 0 Å². The lowest BCUT2D eigenvalue weighted by atomic mass is 9.95. The van der Waals surface area contributed by atoms with Crippen LogP contribution in [0.5, 0.6) is 0 Å². The maximum atomic E-state index is 3.64. The second kappa shape index (κ2) is 6.38. The first-order valence-corrected chi connectivity index (χ1v) is 8.36. The molecule has 0 saturated carbocycles. The predicted molar refractivity (Wildman–Crippen MR) is 85.0 cm³/mol. The molecule has 19 heavy (non-hydrogen) atoms. The van der Waals surface area contributed by atoms with Crippen molar-refractivity contribution in [3.8, 4) is 0 Å². The van der Waals surface area contributed by atoms with Gasteiger partial charge in [-0.1, -0.05) is 27.7 Å². The van der Waals surface area contributed by atoms with E-state index in [4.69, 9.17) is 0 Å². The second-order valence-corrected chi connectivity index (χ2v) is 7.74. The first-order valence-electron chi connectivity index (χ1n) is 7.54. The van der Waals surface area contributed by atoms with Gasteiger partial charge in [0.25, 0.3) is 0 Å². The van der Waals surface area contributed by atoms with E-state index in [9.17, 15) is 0 Å². The Balaban J connectivity index is 1.78. The molecule has 2 heterocycles. The molecular weight excluding hydrogens is 252 g/mol. The van der Waals surface area contributed by atoms with Crippen LogP contribution in [-0.2, 0) is 12.0 Å². The Morgan fingerprint density at radius 1 is 1.37 bits per heavy atom. The number of nitrogens with zero attached hydrogens (tertiary/aromatic N) is 1. The normalized spacial score (nSPS) is 21.2. The van der Waals surface area contributed by atoms with E-state index in [0.717, 1.165) is 19.1 Å². The number of likely N-dealkylation sites (N-methyl/N-ethyl adjacent to an activating group) is 1. The molecule has 1 fully saturated rings. The highest BCUT2D eigenvalue weighted by molar-refractivity contribution is 7.12. The fourth-order valence-electron chi connectivity index (χ4n) is 2.78. The highest BCUT2D eigenvalue weighted by Gasteiger charge is 2.22. The van der Waals surface area contributed by atoms with E-state index in [-0.39, 0.29) is 5.41 Å². The summed E-state index contributed by atoms with van der Waals surface area (Å²) in [4.78, 5) is 5.55. The number of rotatable bonds is 5. The molecule has 1 aromatic rings. The Morgan fingerprint density at radius 2 is 2.16 bits per heavy atom. The molecule has 3 heteroatoms. The van der Waals surface area contributed by atoms with E-state index in [1.807, 2.05) is 11.3 Å². The Morgan fingerprint density at radius 3 is 2.79 bits per heavy atom. The first-order chi connectivity index (χ1) is 9.00. The Labute approximate surface area is 122 Å². The molecule has 1 aromatic heterocycles. The smallest absolute Gasteiger partial charge is 0.0300 e. The maximum absolute atomic E-state index is 3.64. The van der Waals surface area contributed by atoms with E-state index in [1.54, 1.807) is 0 Å². The summed E-state index contributed by atoms with van der Waals surface area (Å²) in [5, 5.41) is 3.64. The number of thiophene rings is 1. The topological polar surface area (TPSA) is 15.3 Å². The van der Waals surface area contributed by atoms with Crippen LogP contribution in [-0.4, -0.2) is 30.6 Å². The van der Waals surface area contributed by atoms with Crippen molar-refractivity contribution >= 4 is 11.3 Å². The SMILES string of the molecule is CCN1CCCC1CNCc1ccc(C(C)(C)C)s1. The molecule has 108 valence electrons. The van der Waals surface area contributed by atoms with Gasteiger partial charge in [-0.2, -0.15) is 0 Å². The lowest BCUT2D eigenvalue weighted by molar-refractivity contribution is 0.260. The van der Waals surface area contributed by atoms with Gasteiger partial charge in [0.1, 0.15) is 0 Å². The van der Waals surface area contributed by atoms with Crippen LogP contribution < -0.4 is 5.32 Å². The van der Waals surface area contributed by atoms with Crippen molar-refractivity contribution in [1.82, 2.24) is 10.2 Å². The van der Waals surface area contributed by atoms with Gasteiger partial charge in [-0.15, -0.1) is 11.3 Å². The van der Waals surface area contributed by atoms with Crippen LogP contribution in [0.15, 0.2) is 12.1 Å². The molecule has 1 aliphatic rings. The van der Waals surface area contributed by atoms with Gasteiger partial charge in [-0.25, -0.2) is 0 Å². The highest BCUT2D eigenvalue weighted by atomic mass is 32.1. The standard InChI is InChI=1S/C16H28N2S/c1-5-18-10-6-7-13(18)11-17-12-14-8-9-15(19-14)16(2,3)4/h8-9,13,17H,5-7,10-12H2,1-4H3. The van der Waals surface area contributed by atoms with E-state index in [0.29, 0.717) is 0 Å². The highest BCUT2D eigenvalue weighted by Crippen LogP contribution is 2.29. The summed E-state index contributed by atoms with van der Waals surface area (Å²) >= 11 is 1.95. The quantitative estimate of drug-likeness (QED) is 0.886. The average molecular weight is 280 g/mol. The van der Waals surface area contributed by atoms with E-state index >= 15 is 0 Å². The van der Waals surface area contributed by atoms with Crippen LogP contribution in [0.25, 0.3) is 0 Å². The lowest BCUT2D eigenvalue weighted by Gasteiger charge is -2.22. The van der Waals surface area contributed by atoms with Crippen LogP contribution in [0, 0.1) is 0 Å².